The minimum Gasteiger partial charge on any atom is -0.468 e. The van der Waals surface area contributed by atoms with E-state index < -0.39 is 18.7 Å². The minimum absolute atomic E-state index is 0.0124. The molecule has 0 saturated carbocycles. The summed E-state index contributed by atoms with van der Waals surface area (Å²) >= 11 is 0. The molecule has 0 bridgehead atoms. The van der Waals surface area contributed by atoms with E-state index in [-0.39, 0.29) is 42.0 Å². The quantitative estimate of drug-likeness (QED) is 0.835. The van der Waals surface area contributed by atoms with Crippen LogP contribution in [0.25, 0.3) is 0 Å². The van der Waals surface area contributed by atoms with Crippen LogP contribution in [0.5, 0.6) is 11.8 Å². The minimum atomic E-state index is -4.49. The van der Waals surface area contributed by atoms with Crippen molar-refractivity contribution < 1.29 is 32.3 Å². The number of carbonyl (C=O) groups excluding carboxylic acids is 2. The third kappa shape index (κ3) is 4.67. The molecule has 1 N–H and O–H groups in total. The van der Waals surface area contributed by atoms with Gasteiger partial charge in [0.05, 0.1) is 6.54 Å². The molecule has 0 saturated heterocycles. The molecule has 2 aromatic rings. The highest BCUT2D eigenvalue weighted by atomic mass is 19.4. The first kappa shape index (κ1) is 19.4. The van der Waals surface area contributed by atoms with Gasteiger partial charge >= 0.3 is 6.18 Å². The summed E-state index contributed by atoms with van der Waals surface area (Å²) in [6.07, 6.45) is -2.87. The first-order valence-electron chi connectivity index (χ1n) is 8.20. The molecule has 3 rings (SSSR count). The number of anilines is 1. The van der Waals surface area contributed by atoms with Crippen molar-refractivity contribution in [2.24, 2.45) is 0 Å². The molecule has 0 unspecified atom stereocenters. The summed E-state index contributed by atoms with van der Waals surface area (Å²) in [6, 6.07) is 5.59. The molecule has 0 fully saturated rings. The molecule has 2 amide bonds. The number of nitrogens with one attached hydrogen (secondary N) is 1. The van der Waals surface area contributed by atoms with Crippen molar-refractivity contribution in [1.29, 1.82) is 0 Å². The van der Waals surface area contributed by atoms with Crippen LogP contribution < -0.4 is 14.9 Å². The van der Waals surface area contributed by atoms with Gasteiger partial charge in [0.25, 0.3) is 11.8 Å². The number of amides is 2. The molecule has 1 aliphatic rings. The Morgan fingerprint density at radius 1 is 1.32 bits per heavy atom. The Bertz CT molecular complexity index is 904. The Labute approximate surface area is 157 Å². The standard InChI is InChI=1S/C17H15F3N4O4/c1-2-13(25)22-12-7-10(5-6-21-12)16(26)24-8-11-3-4-14(23-15(11)28-24)27-9-17(18,19)20/h3-7H,2,8-9H2,1H3,(H,21,22,25). The van der Waals surface area contributed by atoms with Crippen LogP contribution in [0.3, 0.4) is 0 Å². The Kier molecular flexibility index (Phi) is 5.34. The van der Waals surface area contributed by atoms with E-state index in [0.717, 1.165) is 5.06 Å². The van der Waals surface area contributed by atoms with Crippen LogP contribution in [-0.4, -0.2) is 39.6 Å². The van der Waals surface area contributed by atoms with Crippen LogP contribution in [0, 0.1) is 0 Å². The summed E-state index contributed by atoms with van der Waals surface area (Å²) in [5.41, 5.74) is 0.726. The molecule has 3 heterocycles. The van der Waals surface area contributed by atoms with E-state index in [4.69, 9.17) is 4.84 Å². The largest absolute Gasteiger partial charge is 0.468 e. The van der Waals surface area contributed by atoms with E-state index in [9.17, 15) is 22.8 Å². The van der Waals surface area contributed by atoms with Crippen molar-refractivity contribution in [2.45, 2.75) is 26.1 Å². The number of hydrogen-bond acceptors (Lipinski definition) is 6. The summed E-state index contributed by atoms with van der Waals surface area (Å²) in [7, 11) is 0. The van der Waals surface area contributed by atoms with Gasteiger partial charge in [-0.2, -0.15) is 23.2 Å². The summed E-state index contributed by atoms with van der Waals surface area (Å²) in [6.45, 7) is 0.254. The average Bonchev–Trinajstić information content (AvgIpc) is 3.08. The number of alkyl halides is 3. The number of ether oxygens (including phenoxy) is 1. The average molecular weight is 396 g/mol. The SMILES string of the molecule is CCC(=O)Nc1cc(C(=O)N2Cc3ccc(OCC(F)(F)F)nc3O2)ccn1. The molecule has 148 valence electrons. The number of halogens is 3. The Morgan fingerprint density at radius 2 is 2.11 bits per heavy atom. The smallest absolute Gasteiger partial charge is 0.422 e. The molecule has 11 heteroatoms. The Hall–Kier alpha value is -3.37. The fourth-order valence-corrected chi connectivity index (χ4v) is 2.30. The van der Waals surface area contributed by atoms with Crippen LogP contribution in [-0.2, 0) is 11.3 Å². The maximum absolute atomic E-state index is 12.6. The van der Waals surface area contributed by atoms with Gasteiger partial charge in [-0.05, 0) is 18.2 Å². The fraction of sp³-hybridized carbons (Fsp3) is 0.294. The number of pyridine rings is 2. The lowest BCUT2D eigenvalue weighted by Crippen LogP contribution is -2.29. The molecule has 0 aromatic carbocycles. The molecule has 0 radical (unpaired) electrons. The van der Waals surface area contributed by atoms with Gasteiger partial charge in [-0.3, -0.25) is 9.59 Å². The van der Waals surface area contributed by atoms with E-state index in [2.05, 4.69) is 20.0 Å². The first-order valence-corrected chi connectivity index (χ1v) is 8.20. The molecule has 2 aromatic heterocycles. The number of hydrogen-bond donors (Lipinski definition) is 1. The summed E-state index contributed by atoms with van der Waals surface area (Å²) in [5, 5.41) is 3.55. The molecule has 0 spiro atoms. The number of hydroxylamine groups is 2. The monoisotopic (exact) mass is 396 g/mol. The number of fused-ring (bicyclic) bond motifs is 1. The highest BCUT2D eigenvalue weighted by Crippen LogP contribution is 2.30. The molecular formula is C17H15F3N4O4. The molecule has 0 atom stereocenters. The predicted molar refractivity (Wildman–Crippen MR) is 89.4 cm³/mol. The molecule has 0 aliphatic carbocycles. The van der Waals surface area contributed by atoms with Gasteiger partial charge in [0.15, 0.2) is 6.61 Å². The van der Waals surface area contributed by atoms with Gasteiger partial charge in [0.2, 0.25) is 11.8 Å². The zero-order chi connectivity index (χ0) is 20.3. The second-order valence-corrected chi connectivity index (χ2v) is 5.78. The van der Waals surface area contributed by atoms with E-state index in [1.54, 1.807) is 6.92 Å². The summed E-state index contributed by atoms with van der Waals surface area (Å²) in [4.78, 5) is 37.2. The zero-order valence-corrected chi connectivity index (χ0v) is 14.6. The number of nitrogens with zero attached hydrogens (tertiary/aromatic N) is 3. The highest BCUT2D eigenvalue weighted by molar-refractivity contribution is 5.96. The topological polar surface area (TPSA) is 93.7 Å². The van der Waals surface area contributed by atoms with Crippen molar-refractivity contribution in [3.63, 3.8) is 0 Å². The maximum atomic E-state index is 12.6. The fourth-order valence-electron chi connectivity index (χ4n) is 2.30. The van der Waals surface area contributed by atoms with Crippen LogP contribution in [0.4, 0.5) is 19.0 Å². The van der Waals surface area contributed by atoms with Gasteiger partial charge in [0, 0.05) is 29.8 Å². The van der Waals surface area contributed by atoms with Crippen LogP contribution in [0.15, 0.2) is 30.5 Å². The van der Waals surface area contributed by atoms with Gasteiger partial charge in [-0.1, -0.05) is 6.92 Å². The molecule has 8 nitrogen and oxygen atoms in total. The summed E-state index contributed by atoms with van der Waals surface area (Å²) < 4.78 is 41.3. The molecule has 28 heavy (non-hydrogen) atoms. The molecule has 1 aliphatic heterocycles. The highest BCUT2D eigenvalue weighted by Gasteiger charge is 2.31. The van der Waals surface area contributed by atoms with Gasteiger partial charge in [-0.25, -0.2) is 4.98 Å². The zero-order valence-electron chi connectivity index (χ0n) is 14.6. The van der Waals surface area contributed by atoms with E-state index in [1.807, 2.05) is 0 Å². The summed E-state index contributed by atoms with van der Waals surface area (Å²) in [5.74, 6) is -0.835. The van der Waals surface area contributed by atoms with Crippen LogP contribution in [0.2, 0.25) is 0 Å². The number of carbonyl (C=O) groups is 2. The van der Waals surface area contributed by atoms with Crippen molar-refractivity contribution in [3.05, 3.63) is 41.6 Å². The van der Waals surface area contributed by atoms with Crippen LogP contribution >= 0.6 is 0 Å². The van der Waals surface area contributed by atoms with E-state index in [0.29, 0.717) is 5.56 Å². The van der Waals surface area contributed by atoms with E-state index in [1.165, 1.54) is 30.5 Å². The Morgan fingerprint density at radius 3 is 2.82 bits per heavy atom. The number of aromatic nitrogens is 2. The lowest BCUT2D eigenvalue weighted by Gasteiger charge is -2.14. The third-order valence-electron chi connectivity index (χ3n) is 3.63. The first-order chi connectivity index (χ1) is 13.2. The van der Waals surface area contributed by atoms with E-state index >= 15 is 0 Å². The lowest BCUT2D eigenvalue weighted by molar-refractivity contribution is -0.154. The second-order valence-electron chi connectivity index (χ2n) is 5.78. The van der Waals surface area contributed by atoms with Crippen molar-refractivity contribution in [2.75, 3.05) is 11.9 Å². The van der Waals surface area contributed by atoms with Gasteiger partial charge in [-0.15, -0.1) is 0 Å². The lowest BCUT2D eigenvalue weighted by atomic mass is 10.2. The van der Waals surface area contributed by atoms with Gasteiger partial charge < -0.3 is 14.9 Å². The maximum Gasteiger partial charge on any atom is 0.422 e. The Balaban J connectivity index is 1.69. The number of rotatable bonds is 5. The van der Waals surface area contributed by atoms with Crippen LogP contribution in [0.1, 0.15) is 29.3 Å². The molecular weight excluding hydrogens is 381 g/mol. The van der Waals surface area contributed by atoms with Gasteiger partial charge in [0.1, 0.15) is 5.82 Å². The second kappa shape index (κ2) is 7.71. The van der Waals surface area contributed by atoms with Crippen molar-refractivity contribution in [1.82, 2.24) is 15.0 Å². The third-order valence-corrected chi connectivity index (χ3v) is 3.63. The van der Waals surface area contributed by atoms with Crippen molar-refractivity contribution in [3.8, 4) is 11.8 Å². The normalized spacial score (nSPS) is 12.9. The van der Waals surface area contributed by atoms with Crippen molar-refractivity contribution >= 4 is 17.6 Å². The predicted octanol–water partition coefficient (Wildman–Crippen LogP) is 2.72.